The number of rotatable bonds is 3. The van der Waals surface area contributed by atoms with Crippen LogP contribution < -0.4 is 0 Å². The zero-order chi connectivity index (χ0) is 20.0. The number of hydrogen-bond acceptors (Lipinski definition) is 4. The van der Waals surface area contributed by atoms with Crippen molar-refractivity contribution in [2.45, 2.75) is 24.3 Å². The van der Waals surface area contributed by atoms with Gasteiger partial charge in [0.15, 0.2) is 0 Å². The minimum absolute atomic E-state index is 0.270. The molecule has 0 fully saturated rings. The fourth-order valence-electron chi connectivity index (χ4n) is 4.06. The summed E-state index contributed by atoms with van der Waals surface area (Å²) in [6.07, 6.45) is 2.37. The fraction of sp³-hybridized carbons (Fsp3) is 0.174. The van der Waals surface area contributed by atoms with E-state index in [9.17, 15) is 8.42 Å². The summed E-state index contributed by atoms with van der Waals surface area (Å²) in [6.45, 7) is 2.49. The van der Waals surface area contributed by atoms with Crippen molar-refractivity contribution in [2.75, 3.05) is 6.54 Å². The Morgan fingerprint density at radius 3 is 2.66 bits per heavy atom. The van der Waals surface area contributed by atoms with Gasteiger partial charge in [-0.2, -0.15) is 4.31 Å². The van der Waals surface area contributed by atoms with E-state index >= 15 is 0 Å². The summed E-state index contributed by atoms with van der Waals surface area (Å²) in [4.78, 5) is 5.91. The standard InChI is InChI=1S/C23H20N2O2S2/c1-16-7-9-18(10-8-16)23-19-12-15-28-20(19)11-14-25(23)29(26,27)21-6-2-4-17-5-3-13-24-22(17)21/h2-10,12-13,15,23H,11,14H2,1H3. The Kier molecular flexibility index (Phi) is 4.50. The summed E-state index contributed by atoms with van der Waals surface area (Å²) in [5.41, 5.74) is 3.75. The van der Waals surface area contributed by atoms with E-state index in [1.165, 1.54) is 4.88 Å². The number of hydrogen-bond donors (Lipinski definition) is 0. The predicted molar refractivity (Wildman–Crippen MR) is 117 cm³/mol. The number of nitrogens with zero attached hydrogens (tertiary/aromatic N) is 2. The maximum atomic E-state index is 13.9. The van der Waals surface area contributed by atoms with Gasteiger partial charge >= 0.3 is 0 Å². The van der Waals surface area contributed by atoms with Crippen LogP contribution in [0.15, 0.2) is 77.1 Å². The summed E-state index contributed by atoms with van der Waals surface area (Å²) < 4.78 is 29.4. The highest BCUT2D eigenvalue weighted by Gasteiger charge is 2.38. The molecule has 1 unspecified atom stereocenters. The van der Waals surface area contributed by atoms with Gasteiger partial charge in [-0.25, -0.2) is 8.42 Å². The van der Waals surface area contributed by atoms with E-state index in [2.05, 4.69) is 16.4 Å². The van der Waals surface area contributed by atoms with Gasteiger partial charge in [-0.05, 0) is 48.1 Å². The van der Waals surface area contributed by atoms with E-state index in [1.54, 1.807) is 34.0 Å². The predicted octanol–water partition coefficient (Wildman–Crippen LogP) is 4.94. The Balaban J connectivity index is 1.69. The highest BCUT2D eigenvalue weighted by molar-refractivity contribution is 7.89. The molecule has 3 heterocycles. The van der Waals surface area contributed by atoms with Crippen molar-refractivity contribution in [3.63, 3.8) is 0 Å². The Labute approximate surface area is 174 Å². The average Bonchev–Trinajstić information content (AvgIpc) is 3.22. The monoisotopic (exact) mass is 420 g/mol. The molecule has 1 atom stereocenters. The van der Waals surface area contributed by atoms with Crippen LogP contribution in [-0.4, -0.2) is 24.3 Å². The van der Waals surface area contributed by atoms with Crippen LogP contribution in [0.2, 0.25) is 0 Å². The lowest BCUT2D eigenvalue weighted by Crippen LogP contribution is -2.40. The normalized spacial score (nSPS) is 17.3. The molecule has 1 aliphatic rings. The molecule has 5 rings (SSSR count). The summed E-state index contributed by atoms with van der Waals surface area (Å²) in [7, 11) is -3.74. The lowest BCUT2D eigenvalue weighted by atomic mass is 9.95. The van der Waals surface area contributed by atoms with Crippen LogP contribution in [0.1, 0.15) is 27.6 Å². The van der Waals surface area contributed by atoms with Gasteiger partial charge in [0.05, 0.1) is 11.6 Å². The maximum absolute atomic E-state index is 13.9. The van der Waals surface area contributed by atoms with Crippen molar-refractivity contribution in [1.82, 2.24) is 9.29 Å². The van der Waals surface area contributed by atoms with Gasteiger partial charge in [-0.1, -0.05) is 48.0 Å². The molecule has 0 aliphatic carbocycles. The number of fused-ring (bicyclic) bond motifs is 2. The first-order valence-electron chi connectivity index (χ1n) is 9.54. The third kappa shape index (κ3) is 3.08. The molecule has 0 amide bonds. The van der Waals surface area contributed by atoms with Gasteiger partial charge < -0.3 is 0 Å². The third-order valence-corrected chi connectivity index (χ3v) is 8.39. The zero-order valence-electron chi connectivity index (χ0n) is 15.9. The van der Waals surface area contributed by atoms with Gasteiger partial charge in [-0.3, -0.25) is 4.98 Å². The van der Waals surface area contributed by atoms with Crippen LogP contribution in [0.25, 0.3) is 10.9 Å². The van der Waals surface area contributed by atoms with Gasteiger partial charge in [0.25, 0.3) is 0 Å². The average molecular weight is 421 g/mol. The molecule has 0 radical (unpaired) electrons. The first-order valence-corrected chi connectivity index (χ1v) is 11.9. The Bertz CT molecular complexity index is 1290. The molecule has 29 heavy (non-hydrogen) atoms. The SMILES string of the molecule is Cc1ccc(C2c3ccsc3CCN2S(=O)(=O)c2cccc3cccnc23)cc1. The molecule has 2 aromatic carbocycles. The lowest BCUT2D eigenvalue weighted by molar-refractivity contribution is 0.347. The van der Waals surface area contributed by atoms with Crippen molar-refractivity contribution in [3.8, 4) is 0 Å². The molecule has 0 saturated carbocycles. The van der Waals surface area contributed by atoms with E-state index in [0.29, 0.717) is 12.1 Å². The fourth-order valence-corrected chi connectivity index (χ4v) is 6.72. The lowest BCUT2D eigenvalue weighted by Gasteiger charge is -2.35. The quantitative estimate of drug-likeness (QED) is 0.472. The van der Waals surface area contributed by atoms with Crippen LogP contribution in [0, 0.1) is 6.92 Å². The molecule has 6 heteroatoms. The highest BCUT2D eigenvalue weighted by atomic mass is 32.2. The number of sulfonamides is 1. The van der Waals surface area contributed by atoms with Crippen LogP contribution in [0.4, 0.5) is 0 Å². The second kappa shape index (κ2) is 7.06. The summed E-state index contributed by atoms with van der Waals surface area (Å²) in [6, 6.07) is 19.0. The van der Waals surface area contributed by atoms with Crippen molar-refractivity contribution in [1.29, 1.82) is 0 Å². The van der Waals surface area contributed by atoms with Crippen molar-refractivity contribution < 1.29 is 8.42 Å². The molecule has 2 aromatic heterocycles. The van der Waals surface area contributed by atoms with E-state index < -0.39 is 10.0 Å². The molecule has 4 aromatic rings. The minimum atomic E-state index is -3.74. The van der Waals surface area contributed by atoms with E-state index in [0.717, 1.165) is 28.5 Å². The number of para-hydroxylation sites is 1. The Hall–Kier alpha value is -2.54. The van der Waals surface area contributed by atoms with E-state index in [1.807, 2.05) is 49.4 Å². The molecule has 4 nitrogen and oxygen atoms in total. The molecule has 0 saturated heterocycles. The molecular formula is C23H20N2O2S2. The summed E-state index contributed by atoms with van der Waals surface area (Å²) >= 11 is 1.70. The third-order valence-electron chi connectivity index (χ3n) is 5.50. The van der Waals surface area contributed by atoms with Gasteiger partial charge in [0.2, 0.25) is 10.0 Å². The van der Waals surface area contributed by atoms with Crippen molar-refractivity contribution >= 4 is 32.3 Å². The van der Waals surface area contributed by atoms with Gasteiger partial charge in [0, 0.05) is 23.0 Å². The summed E-state index contributed by atoms with van der Waals surface area (Å²) in [5.74, 6) is 0. The van der Waals surface area contributed by atoms with Crippen LogP contribution >= 0.6 is 11.3 Å². The number of benzene rings is 2. The van der Waals surface area contributed by atoms with Crippen LogP contribution in [0.3, 0.4) is 0 Å². The zero-order valence-corrected chi connectivity index (χ0v) is 17.6. The molecule has 0 N–H and O–H groups in total. The molecule has 1 aliphatic heterocycles. The van der Waals surface area contributed by atoms with Gasteiger partial charge in [-0.15, -0.1) is 11.3 Å². The smallest absolute Gasteiger partial charge is 0.246 e. The Morgan fingerprint density at radius 2 is 1.83 bits per heavy atom. The second-order valence-corrected chi connectivity index (χ2v) is 10.2. The number of thiophene rings is 1. The van der Waals surface area contributed by atoms with Gasteiger partial charge in [0.1, 0.15) is 4.90 Å². The van der Waals surface area contributed by atoms with Crippen LogP contribution in [-0.2, 0) is 16.4 Å². The first-order chi connectivity index (χ1) is 14.1. The van der Waals surface area contributed by atoms with E-state index in [-0.39, 0.29) is 10.9 Å². The molecule has 0 bridgehead atoms. The summed E-state index contributed by atoms with van der Waals surface area (Å²) in [5, 5.41) is 2.88. The first kappa shape index (κ1) is 18.5. The number of aryl methyl sites for hydroxylation is 1. The Morgan fingerprint density at radius 1 is 1.03 bits per heavy atom. The van der Waals surface area contributed by atoms with Crippen molar-refractivity contribution in [3.05, 3.63) is 93.8 Å². The molecule has 0 spiro atoms. The van der Waals surface area contributed by atoms with Crippen molar-refractivity contribution in [2.24, 2.45) is 0 Å². The largest absolute Gasteiger partial charge is 0.255 e. The minimum Gasteiger partial charge on any atom is -0.255 e. The number of pyridine rings is 1. The molecular weight excluding hydrogens is 400 g/mol. The molecule has 146 valence electrons. The topological polar surface area (TPSA) is 50.3 Å². The maximum Gasteiger partial charge on any atom is 0.246 e. The van der Waals surface area contributed by atoms with Crippen LogP contribution in [0.5, 0.6) is 0 Å². The van der Waals surface area contributed by atoms with E-state index in [4.69, 9.17) is 0 Å². The second-order valence-electron chi connectivity index (χ2n) is 7.31. The highest BCUT2D eigenvalue weighted by Crippen LogP contribution is 2.41. The number of aromatic nitrogens is 1.